The summed E-state index contributed by atoms with van der Waals surface area (Å²) in [6.45, 7) is 2.59. The Morgan fingerprint density at radius 1 is 1.24 bits per heavy atom. The van der Waals surface area contributed by atoms with E-state index in [1.165, 1.54) is 4.31 Å². The van der Waals surface area contributed by atoms with E-state index in [1.54, 1.807) is 0 Å². The number of hydrogen-bond donors (Lipinski definition) is 1. The Morgan fingerprint density at radius 2 is 1.86 bits per heavy atom. The zero-order valence-electron chi connectivity index (χ0n) is 12.0. The Bertz CT molecular complexity index is 620. The van der Waals surface area contributed by atoms with Crippen molar-refractivity contribution in [3.8, 4) is 0 Å². The van der Waals surface area contributed by atoms with Crippen molar-refractivity contribution in [1.82, 2.24) is 9.62 Å². The Hall–Kier alpha value is -1.40. The van der Waals surface area contributed by atoms with Crippen LogP contribution in [0.1, 0.15) is 31.4 Å². The number of benzene rings is 1. The first-order valence-electron chi connectivity index (χ1n) is 7.33. The Morgan fingerprint density at radius 3 is 2.43 bits per heavy atom. The van der Waals surface area contributed by atoms with E-state index in [4.69, 9.17) is 0 Å². The topological polar surface area (TPSA) is 66.5 Å². The first-order valence-corrected chi connectivity index (χ1v) is 8.83. The number of rotatable bonds is 5. The molecule has 3 rings (SSSR count). The molecule has 1 heterocycles. The van der Waals surface area contributed by atoms with Crippen molar-refractivity contribution in [2.24, 2.45) is 5.92 Å². The van der Waals surface area contributed by atoms with E-state index in [9.17, 15) is 13.2 Å². The molecule has 114 valence electrons. The van der Waals surface area contributed by atoms with E-state index in [1.807, 2.05) is 37.3 Å². The van der Waals surface area contributed by atoms with E-state index < -0.39 is 10.0 Å². The minimum absolute atomic E-state index is 0.0615. The predicted molar refractivity (Wildman–Crippen MR) is 80.0 cm³/mol. The summed E-state index contributed by atoms with van der Waals surface area (Å²) in [4.78, 5) is 12.1. The summed E-state index contributed by atoms with van der Waals surface area (Å²) in [6, 6.07) is 9.68. The minimum Gasteiger partial charge on any atom is -0.349 e. The highest BCUT2D eigenvalue weighted by Gasteiger charge is 2.46. The fourth-order valence-corrected chi connectivity index (χ4v) is 4.47. The smallest absolute Gasteiger partial charge is 0.226 e. The zero-order chi connectivity index (χ0) is 15.0. The van der Waals surface area contributed by atoms with Crippen LogP contribution in [0.25, 0.3) is 0 Å². The molecule has 2 fully saturated rings. The van der Waals surface area contributed by atoms with Crippen LogP contribution >= 0.6 is 0 Å². The molecule has 1 aliphatic heterocycles. The molecule has 6 heteroatoms. The first kappa shape index (κ1) is 14.5. The number of nitrogens with zero attached hydrogens (tertiary/aromatic N) is 1. The number of carbonyl (C=O) groups is 1. The van der Waals surface area contributed by atoms with Crippen LogP contribution in [0, 0.1) is 5.92 Å². The van der Waals surface area contributed by atoms with Gasteiger partial charge in [-0.05, 0) is 25.3 Å². The second-order valence-electron chi connectivity index (χ2n) is 5.90. The van der Waals surface area contributed by atoms with Crippen molar-refractivity contribution in [3.63, 3.8) is 0 Å². The van der Waals surface area contributed by atoms with Crippen molar-refractivity contribution in [1.29, 1.82) is 0 Å². The van der Waals surface area contributed by atoms with Gasteiger partial charge in [-0.3, -0.25) is 4.79 Å². The third-order valence-electron chi connectivity index (χ3n) is 4.18. The number of carbonyl (C=O) groups excluding carboxylic acids is 1. The molecular formula is C15H20N2O3S. The lowest BCUT2D eigenvalue weighted by Gasteiger charge is -2.37. The molecular weight excluding hydrogens is 288 g/mol. The molecule has 1 atom stereocenters. The molecule has 2 aliphatic rings. The summed E-state index contributed by atoms with van der Waals surface area (Å²) in [6.07, 6.45) is 1.53. The monoisotopic (exact) mass is 308 g/mol. The van der Waals surface area contributed by atoms with Crippen molar-refractivity contribution in [2.45, 2.75) is 31.1 Å². The highest BCUT2D eigenvalue weighted by Crippen LogP contribution is 2.34. The third kappa shape index (κ3) is 2.96. The van der Waals surface area contributed by atoms with Gasteiger partial charge in [-0.2, -0.15) is 4.31 Å². The quantitative estimate of drug-likeness (QED) is 0.891. The molecule has 1 aromatic carbocycles. The number of nitrogens with one attached hydrogen (secondary N) is 1. The predicted octanol–water partition coefficient (Wildman–Crippen LogP) is 1.29. The number of hydrogen-bond acceptors (Lipinski definition) is 3. The van der Waals surface area contributed by atoms with Crippen LogP contribution in [0.2, 0.25) is 0 Å². The standard InChI is InChI=1S/C15H20N2O3S/c1-11(12-5-3-2-4-6-12)16-15(18)13-9-17(10-13)21(19,20)14-7-8-14/h2-6,11,13-14H,7-10H2,1H3,(H,16,18). The summed E-state index contributed by atoms with van der Waals surface area (Å²) in [5.74, 6) is -0.279. The van der Waals surface area contributed by atoms with Crippen molar-refractivity contribution in [3.05, 3.63) is 35.9 Å². The fraction of sp³-hybridized carbons (Fsp3) is 0.533. The second-order valence-corrected chi connectivity index (χ2v) is 8.11. The average Bonchev–Trinajstić information content (AvgIpc) is 3.22. The maximum absolute atomic E-state index is 12.1. The van der Waals surface area contributed by atoms with Gasteiger partial charge in [-0.15, -0.1) is 0 Å². The van der Waals surface area contributed by atoms with Gasteiger partial charge < -0.3 is 5.32 Å². The molecule has 0 radical (unpaired) electrons. The summed E-state index contributed by atoms with van der Waals surface area (Å²) in [7, 11) is -3.12. The highest BCUT2D eigenvalue weighted by atomic mass is 32.2. The Kier molecular flexibility index (Phi) is 3.75. The minimum atomic E-state index is -3.12. The normalized spacial score (nSPS) is 21.6. The molecule has 1 aromatic rings. The van der Waals surface area contributed by atoms with Crippen LogP contribution in [0.4, 0.5) is 0 Å². The Balaban J connectivity index is 1.52. The van der Waals surface area contributed by atoms with Gasteiger partial charge in [0, 0.05) is 13.1 Å². The molecule has 1 saturated carbocycles. The van der Waals surface area contributed by atoms with Crippen LogP contribution in [0.3, 0.4) is 0 Å². The largest absolute Gasteiger partial charge is 0.349 e. The van der Waals surface area contributed by atoms with E-state index >= 15 is 0 Å². The number of sulfonamides is 1. The van der Waals surface area contributed by atoms with Crippen LogP contribution < -0.4 is 5.32 Å². The average molecular weight is 308 g/mol. The van der Waals surface area contributed by atoms with E-state index in [2.05, 4.69) is 5.32 Å². The van der Waals surface area contributed by atoms with Gasteiger partial charge in [0.1, 0.15) is 0 Å². The third-order valence-corrected chi connectivity index (χ3v) is 6.51. The van der Waals surface area contributed by atoms with Crippen molar-refractivity contribution < 1.29 is 13.2 Å². The molecule has 1 saturated heterocycles. The molecule has 0 spiro atoms. The lowest BCUT2D eigenvalue weighted by Crippen LogP contribution is -2.56. The highest BCUT2D eigenvalue weighted by molar-refractivity contribution is 7.90. The van der Waals surface area contributed by atoms with Gasteiger partial charge in [-0.1, -0.05) is 30.3 Å². The summed E-state index contributed by atoms with van der Waals surface area (Å²) in [5, 5.41) is 2.76. The molecule has 0 bridgehead atoms. The molecule has 1 N–H and O–H groups in total. The summed E-state index contributed by atoms with van der Waals surface area (Å²) < 4.78 is 25.4. The molecule has 1 unspecified atom stereocenters. The van der Waals surface area contributed by atoms with Crippen LogP contribution in [-0.2, 0) is 14.8 Å². The van der Waals surface area contributed by atoms with Crippen LogP contribution in [-0.4, -0.2) is 37.0 Å². The van der Waals surface area contributed by atoms with Crippen LogP contribution in [0.5, 0.6) is 0 Å². The van der Waals surface area contributed by atoms with Crippen molar-refractivity contribution in [2.75, 3.05) is 13.1 Å². The molecule has 21 heavy (non-hydrogen) atoms. The van der Waals surface area contributed by atoms with Gasteiger partial charge in [0.2, 0.25) is 15.9 Å². The zero-order valence-corrected chi connectivity index (χ0v) is 12.8. The second kappa shape index (κ2) is 5.42. The van der Waals surface area contributed by atoms with E-state index in [-0.39, 0.29) is 23.1 Å². The van der Waals surface area contributed by atoms with E-state index in [0.29, 0.717) is 13.1 Å². The molecule has 0 aromatic heterocycles. The fourth-order valence-electron chi connectivity index (χ4n) is 2.54. The maximum atomic E-state index is 12.1. The van der Waals surface area contributed by atoms with Gasteiger partial charge in [-0.25, -0.2) is 8.42 Å². The summed E-state index contributed by atoms with van der Waals surface area (Å²) >= 11 is 0. The molecule has 1 aliphatic carbocycles. The van der Waals surface area contributed by atoms with Gasteiger partial charge in [0.05, 0.1) is 17.2 Å². The summed E-state index contributed by atoms with van der Waals surface area (Å²) in [5.41, 5.74) is 1.05. The number of amides is 1. The maximum Gasteiger partial charge on any atom is 0.226 e. The molecule has 1 amide bonds. The van der Waals surface area contributed by atoms with Crippen LogP contribution in [0.15, 0.2) is 30.3 Å². The van der Waals surface area contributed by atoms with Gasteiger partial charge in [0.25, 0.3) is 0 Å². The Labute approximate surface area is 125 Å². The lowest BCUT2D eigenvalue weighted by molar-refractivity contribution is -0.128. The van der Waals surface area contributed by atoms with Gasteiger partial charge in [0.15, 0.2) is 0 Å². The van der Waals surface area contributed by atoms with Crippen molar-refractivity contribution >= 4 is 15.9 Å². The first-order chi connectivity index (χ1) is 9.98. The van der Waals surface area contributed by atoms with Gasteiger partial charge >= 0.3 is 0 Å². The SMILES string of the molecule is CC(NC(=O)C1CN(S(=O)(=O)C2CC2)C1)c1ccccc1. The molecule has 5 nitrogen and oxygen atoms in total. The lowest BCUT2D eigenvalue weighted by atomic mass is 10.0. The van der Waals surface area contributed by atoms with E-state index in [0.717, 1.165) is 18.4 Å².